The van der Waals surface area contributed by atoms with E-state index in [9.17, 15) is 4.39 Å². The van der Waals surface area contributed by atoms with Crippen LogP contribution < -0.4 is 4.74 Å². The van der Waals surface area contributed by atoms with E-state index in [0.29, 0.717) is 16.1 Å². The highest BCUT2D eigenvalue weighted by molar-refractivity contribution is 9.11. The predicted molar refractivity (Wildman–Crippen MR) is 75.6 cm³/mol. The number of aryl methyl sites for hydroxylation is 2. The number of benzene rings is 1. The summed E-state index contributed by atoms with van der Waals surface area (Å²) >= 11 is 6.67. The van der Waals surface area contributed by atoms with Gasteiger partial charge in [0.25, 0.3) is 0 Å². The van der Waals surface area contributed by atoms with Crippen molar-refractivity contribution >= 4 is 31.9 Å². The molecule has 0 unspecified atom stereocenters. The van der Waals surface area contributed by atoms with E-state index in [0.717, 1.165) is 15.6 Å². The number of nitrogens with zero attached hydrogens (tertiary/aromatic N) is 1. The Hall–Kier alpha value is -0.940. The molecule has 0 N–H and O–H groups in total. The quantitative estimate of drug-likeness (QED) is 0.677. The second-order valence-corrected chi connectivity index (χ2v) is 5.58. The summed E-state index contributed by atoms with van der Waals surface area (Å²) in [6.45, 7) is 3.62. The third-order valence-electron chi connectivity index (χ3n) is 2.42. The molecule has 1 aromatic heterocycles. The van der Waals surface area contributed by atoms with E-state index in [1.165, 1.54) is 12.1 Å². The highest BCUT2D eigenvalue weighted by atomic mass is 79.9. The molecule has 0 radical (unpaired) electrons. The van der Waals surface area contributed by atoms with E-state index in [-0.39, 0.29) is 5.82 Å². The van der Waals surface area contributed by atoms with Crippen LogP contribution in [0.1, 0.15) is 11.1 Å². The lowest BCUT2D eigenvalue weighted by molar-refractivity contribution is 0.467. The summed E-state index contributed by atoms with van der Waals surface area (Å²) in [4.78, 5) is 4.10. The molecule has 2 rings (SSSR count). The van der Waals surface area contributed by atoms with Crippen LogP contribution in [0.5, 0.6) is 11.5 Å². The molecule has 0 saturated carbocycles. The van der Waals surface area contributed by atoms with Crippen LogP contribution in [-0.4, -0.2) is 4.98 Å². The lowest BCUT2D eigenvalue weighted by Crippen LogP contribution is -1.94. The van der Waals surface area contributed by atoms with Crippen LogP contribution in [0.25, 0.3) is 0 Å². The zero-order valence-corrected chi connectivity index (χ0v) is 13.0. The average molecular weight is 375 g/mol. The molecule has 94 valence electrons. The molecule has 0 spiro atoms. The Morgan fingerprint density at radius 1 is 1.11 bits per heavy atom. The first kappa shape index (κ1) is 13.5. The molecular formula is C13H10Br2FNO. The fraction of sp³-hybridized carbons (Fsp3) is 0.154. The van der Waals surface area contributed by atoms with Crippen molar-refractivity contribution in [2.24, 2.45) is 0 Å². The lowest BCUT2D eigenvalue weighted by atomic mass is 10.1. The molecule has 0 aliphatic rings. The van der Waals surface area contributed by atoms with Gasteiger partial charge in [0.1, 0.15) is 16.2 Å². The van der Waals surface area contributed by atoms with Gasteiger partial charge in [-0.25, -0.2) is 9.37 Å². The average Bonchev–Trinajstić information content (AvgIpc) is 2.25. The number of rotatable bonds is 2. The monoisotopic (exact) mass is 373 g/mol. The summed E-state index contributed by atoms with van der Waals surface area (Å²) in [5.41, 5.74) is 1.50. The summed E-state index contributed by atoms with van der Waals surface area (Å²) in [7, 11) is 0. The molecule has 1 aromatic carbocycles. The van der Waals surface area contributed by atoms with Gasteiger partial charge in [0, 0.05) is 0 Å². The second-order valence-electron chi connectivity index (χ2n) is 3.91. The van der Waals surface area contributed by atoms with Gasteiger partial charge >= 0.3 is 0 Å². The van der Waals surface area contributed by atoms with Gasteiger partial charge in [0.2, 0.25) is 0 Å². The molecule has 0 aliphatic carbocycles. The summed E-state index contributed by atoms with van der Waals surface area (Å²) in [5.74, 6) is 0.988. The van der Waals surface area contributed by atoms with E-state index in [1.807, 2.05) is 13.8 Å². The first-order chi connectivity index (χ1) is 8.47. The maximum atomic E-state index is 13.2. The van der Waals surface area contributed by atoms with Crippen molar-refractivity contribution in [3.05, 3.63) is 50.4 Å². The van der Waals surface area contributed by atoms with Crippen LogP contribution in [0.4, 0.5) is 4.39 Å². The summed E-state index contributed by atoms with van der Waals surface area (Å²) < 4.78 is 20.5. The number of pyridine rings is 1. The fourth-order valence-corrected chi connectivity index (χ4v) is 2.68. The van der Waals surface area contributed by atoms with E-state index in [1.54, 1.807) is 12.3 Å². The lowest BCUT2D eigenvalue weighted by Gasteiger charge is -2.12. The Labute approximate surface area is 121 Å². The van der Waals surface area contributed by atoms with E-state index >= 15 is 0 Å². The van der Waals surface area contributed by atoms with Gasteiger partial charge in [-0.1, -0.05) is 0 Å². The van der Waals surface area contributed by atoms with Gasteiger partial charge in [-0.3, -0.25) is 0 Å². The van der Waals surface area contributed by atoms with Gasteiger partial charge in [0.15, 0.2) is 5.75 Å². The number of aromatic nitrogens is 1. The number of hydrogen-bond acceptors (Lipinski definition) is 2. The Kier molecular flexibility index (Phi) is 4.02. The predicted octanol–water partition coefficient (Wildman–Crippen LogP) is 5.15. The van der Waals surface area contributed by atoms with E-state index < -0.39 is 0 Å². The first-order valence-electron chi connectivity index (χ1n) is 5.23. The largest absolute Gasteiger partial charge is 0.454 e. The Morgan fingerprint density at radius 2 is 1.72 bits per heavy atom. The van der Waals surface area contributed by atoms with Crippen LogP contribution >= 0.6 is 31.9 Å². The van der Waals surface area contributed by atoms with Gasteiger partial charge in [-0.15, -0.1) is 0 Å². The topological polar surface area (TPSA) is 22.1 Å². The Balaban J connectivity index is 2.40. The standard InChI is InChI=1S/C13H10Br2FNO/c1-7-3-9(16)4-8(2)13(7)18-11-6-17-12(15)5-10(11)14/h3-6H,1-2H3. The normalized spacial score (nSPS) is 10.5. The SMILES string of the molecule is Cc1cc(F)cc(C)c1Oc1cnc(Br)cc1Br. The van der Waals surface area contributed by atoms with E-state index in [2.05, 4.69) is 36.8 Å². The molecule has 0 saturated heterocycles. The highest BCUT2D eigenvalue weighted by Gasteiger charge is 2.10. The molecule has 2 aromatic rings. The van der Waals surface area contributed by atoms with Crippen molar-refractivity contribution in [3.63, 3.8) is 0 Å². The number of ether oxygens (including phenoxy) is 1. The molecule has 5 heteroatoms. The van der Waals surface area contributed by atoms with Crippen molar-refractivity contribution < 1.29 is 9.13 Å². The zero-order valence-electron chi connectivity index (χ0n) is 9.80. The number of halogens is 3. The smallest absolute Gasteiger partial charge is 0.159 e. The van der Waals surface area contributed by atoms with Crippen LogP contribution in [0.15, 0.2) is 33.5 Å². The first-order valence-corrected chi connectivity index (χ1v) is 6.81. The second kappa shape index (κ2) is 5.36. The molecule has 1 heterocycles. The van der Waals surface area contributed by atoms with Gasteiger partial charge in [-0.05, 0) is 75.0 Å². The van der Waals surface area contributed by atoms with Crippen LogP contribution in [0, 0.1) is 19.7 Å². The Bertz CT molecular complexity index is 579. The fourth-order valence-electron chi connectivity index (χ4n) is 1.64. The van der Waals surface area contributed by atoms with Crippen LogP contribution in [-0.2, 0) is 0 Å². The molecular weight excluding hydrogens is 365 g/mol. The summed E-state index contributed by atoms with van der Waals surface area (Å²) in [5, 5.41) is 0. The van der Waals surface area contributed by atoms with Crippen molar-refractivity contribution in [2.75, 3.05) is 0 Å². The highest BCUT2D eigenvalue weighted by Crippen LogP contribution is 2.34. The minimum atomic E-state index is -0.259. The van der Waals surface area contributed by atoms with Crippen LogP contribution in [0.3, 0.4) is 0 Å². The van der Waals surface area contributed by atoms with Crippen LogP contribution in [0.2, 0.25) is 0 Å². The molecule has 0 bridgehead atoms. The molecule has 0 aliphatic heterocycles. The molecule has 0 atom stereocenters. The van der Waals surface area contributed by atoms with Crippen molar-refractivity contribution in [1.29, 1.82) is 0 Å². The maximum absolute atomic E-state index is 13.2. The molecule has 18 heavy (non-hydrogen) atoms. The van der Waals surface area contributed by atoms with Crippen molar-refractivity contribution in [1.82, 2.24) is 4.98 Å². The minimum absolute atomic E-state index is 0.259. The van der Waals surface area contributed by atoms with E-state index in [4.69, 9.17) is 4.74 Å². The van der Waals surface area contributed by atoms with Gasteiger partial charge in [0.05, 0.1) is 10.7 Å². The Morgan fingerprint density at radius 3 is 2.28 bits per heavy atom. The van der Waals surface area contributed by atoms with Crippen molar-refractivity contribution in [2.45, 2.75) is 13.8 Å². The molecule has 0 amide bonds. The number of hydrogen-bond donors (Lipinski definition) is 0. The van der Waals surface area contributed by atoms with Gasteiger partial charge in [-0.2, -0.15) is 0 Å². The minimum Gasteiger partial charge on any atom is -0.454 e. The molecule has 0 fully saturated rings. The summed E-state index contributed by atoms with van der Waals surface area (Å²) in [6.07, 6.45) is 1.61. The van der Waals surface area contributed by atoms with Crippen molar-refractivity contribution in [3.8, 4) is 11.5 Å². The third-order valence-corrected chi connectivity index (χ3v) is 3.48. The maximum Gasteiger partial charge on any atom is 0.159 e. The zero-order chi connectivity index (χ0) is 13.3. The third kappa shape index (κ3) is 2.90. The molecule has 2 nitrogen and oxygen atoms in total. The summed E-state index contributed by atoms with van der Waals surface area (Å²) in [6, 6.07) is 4.69. The van der Waals surface area contributed by atoms with Gasteiger partial charge < -0.3 is 4.74 Å².